The number of piperazine rings is 7. The van der Waals surface area contributed by atoms with E-state index in [2.05, 4.69) is 234 Å². The van der Waals surface area contributed by atoms with Gasteiger partial charge in [-0.25, -0.2) is 19.2 Å². The molecule has 23 heteroatoms. The Hall–Kier alpha value is -3.36. The van der Waals surface area contributed by atoms with Gasteiger partial charge in [-0.1, -0.05) is 27.7 Å². The third-order valence-corrected chi connectivity index (χ3v) is 22.6. The van der Waals surface area contributed by atoms with Gasteiger partial charge in [0.05, 0.1) is 11.6 Å². The van der Waals surface area contributed by atoms with Crippen molar-refractivity contribution in [2.45, 2.75) is 363 Å². The third kappa shape index (κ3) is 44.5. The Bertz CT molecular complexity index is 2530. The minimum Gasteiger partial charge on any atom is -0.444 e. The molecule has 0 saturated carbocycles. The summed E-state index contributed by atoms with van der Waals surface area (Å²) in [7, 11) is 2.19. The average Bonchev–Trinajstić information content (AvgIpc) is 0.802. The Morgan fingerprint density at radius 3 is 0.973 bits per heavy atom. The van der Waals surface area contributed by atoms with Crippen molar-refractivity contribution in [3.05, 3.63) is 0 Å². The van der Waals surface area contributed by atoms with Gasteiger partial charge in [-0.2, -0.15) is 0 Å². The number of nitrogens with zero attached hydrogens (tertiary/aromatic N) is 15. The summed E-state index contributed by atoms with van der Waals surface area (Å²) in [6.07, 6.45) is 2.09. The molecule has 3 atom stereocenters. The lowest BCUT2D eigenvalue weighted by Gasteiger charge is -2.48. The first-order valence-corrected chi connectivity index (χ1v) is 44.9. The van der Waals surface area contributed by atoms with Gasteiger partial charge in [-0.05, 0) is 273 Å². The van der Waals surface area contributed by atoms with E-state index in [9.17, 15) is 19.2 Å². The molecule has 8 rings (SSSR count). The zero-order valence-corrected chi connectivity index (χ0v) is 81.2. The number of hydrogen-bond acceptors (Lipinski definition) is 19. The Labute approximate surface area is 698 Å². The molecule has 113 heavy (non-hydrogen) atoms. The molecule has 23 nitrogen and oxygen atoms in total. The van der Waals surface area contributed by atoms with Gasteiger partial charge < -0.3 is 53.2 Å². The summed E-state index contributed by atoms with van der Waals surface area (Å²) in [6.45, 7) is 108. The molecule has 8 fully saturated rings. The molecule has 0 radical (unpaired) electrons. The average molecular weight is 1610 g/mol. The topological polar surface area (TPSA) is 154 Å². The van der Waals surface area contributed by atoms with Crippen LogP contribution in [0, 0.1) is 11.8 Å². The van der Waals surface area contributed by atoms with Gasteiger partial charge in [-0.15, -0.1) is 0 Å². The highest BCUT2D eigenvalue weighted by Crippen LogP contribution is 2.27. The summed E-state index contributed by atoms with van der Waals surface area (Å²) in [5.41, 5.74) is -1.83. The molecule has 0 N–H and O–H groups in total. The van der Waals surface area contributed by atoms with Crippen molar-refractivity contribution in [1.29, 1.82) is 0 Å². The molecule has 0 bridgehead atoms. The summed E-state index contributed by atoms with van der Waals surface area (Å²) >= 11 is 0. The zero-order chi connectivity index (χ0) is 87.0. The van der Waals surface area contributed by atoms with E-state index in [0.29, 0.717) is 30.1 Å². The van der Waals surface area contributed by atoms with E-state index in [4.69, 9.17) is 18.9 Å². The van der Waals surface area contributed by atoms with Crippen molar-refractivity contribution >= 4 is 24.4 Å². The number of rotatable bonds is 11. The summed E-state index contributed by atoms with van der Waals surface area (Å²) in [6, 6.07) is 6.27. The van der Waals surface area contributed by atoms with E-state index in [1.54, 1.807) is 4.90 Å². The molecule has 0 aromatic heterocycles. The lowest BCUT2D eigenvalue weighted by atomic mass is 9.98. The van der Waals surface area contributed by atoms with Gasteiger partial charge in [0, 0.05) is 231 Å². The van der Waals surface area contributed by atoms with E-state index in [0.717, 1.165) is 121 Å². The summed E-state index contributed by atoms with van der Waals surface area (Å²) < 4.78 is 21.8. The standard InChI is InChI=1S/C15H30N2O2.C14H28N2O2.C13H26N2O2.C12H24N2O2.C10H22N2.C9H20N2.C9H19N.C8H18N2/c1-11(2)13-10-16(12(3)4)8-9-17(13)14(18)19-15(5,6)7;1-11(2)15-8-9-16(14(6,7)10-15)12(17)18-13(3,4)5;1-10(2)14-7-8-15(11(3)9-14)12(16)17-13(4,5)6;1-10(2)13-6-8-14(9-7-13)11(15)16-12(3,4)5;1-9(2)11-5-7-12(8-6-11)10(3)4;1-4-10-5-7-11(8-6-10)9(2)3;1-8(2)10-6-4-5-9(3)7-10;1-8(2)10-6-4-9(3)5-7-10/h11-13H,8-10H2,1-7H3;11H,8-10H2,1-7H3;10-11H,7-9H2,1-6H3;10H,6-9H2,1-5H3;9-10H,5-8H2,1-4H3;9H,4-8H2,1-3H3;8-9H,4-7H2,1-3H3;8H,4-7H2,1-3H3. The Kier molecular flexibility index (Phi) is 48.9. The van der Waals surface area contributed by atoms with Crippen LogP contribution < -0.4 is 0 Å². The number of hydrogen-bond donors (Lipinski definition) is 0. The Morgan fingerprint density at radius 2 is 0.646 bits per heavy atom. The number of carbonyl (C=O) groups is 4. The van der Waals surface area contributed by atoms with Gasteiger partial charge >= 0.3 is 24.4 Å². The molecule has 0 spiro atoms. The number of ether oxygens (including phenoxy) is 4. The van der Waals surface area contributed by atoms with Crippen molar-refractivity contribution in [1.82, 2.24) is 73.5 Å². The molecule has 4 amide bonds. The minimum absolute atomic E-state index is 0.172. The maximum Gasteiger partial charge on any atom is 0.410 e. The van der Waals surface area contributed by atoms with Crippen LogP contribution in [0.5, 0.6) is 0 Å². The molecule has 3 unspecified atom stereocenters. The first-order chi connectivity index (χ1) is 51.9. The van der Waals surface area contributed by atoms with E-state index in [1.807, 2.05) is 97.8 Å². The van der Waals surface area contributed by atoms with Gasteiger partial charge in [-0.3, -0.25) is 39.2 Å². The van der Waals surface area contributed by atoms with E-state index in [-0.39, 0.29) is 42.0 Å². The Balaban J connectivity index is 0.000000652. The highest BCUT2D eigenvalue weighted by atomic mass is 16.6. The van der Waals surface area contributed by atoms with Crippen LogP contribution in [0.25, 0.3) is 0 Å². The van der Waals surface area contributed by atoms with Crippen LogP contribution in [0.1, 0.15) is 269 Å². The highest BCUT2D eigenvalue weighted by Gasteiger charge is 2.41. The molecular weight excluding hydrogens is 1420 g/mol. The van der Waals surface area contributed by atoms with Crippen LogP contribution in [0.3, 0.4) is 0 Å². The van der Waals surface area contributed by atoms with Crippen molar-refractivity contribution < 1.29 is 38.1 Å². The molecule has 8 aliphatic heterocycles. The summed E-state index contributed by atoms with van der Waals surface area (Å²) in [5, 5.41) is 0. The molecule has 8 saturated heterocycles. The van der Waals surface area contributed by atoms with Crippen LogP contribution in [0.15, 0.2) is 0 Å². The van der Waals surface area contributed by atoms with E-state index >= 15 is 0 Å². The largest absolute Gasteiger partial charge is 0.444 e. The minimum atomic E-state index is -0.428. The zero-order valence-electron chi connectivity index (χ0n) is 81.2. The lowest BCUT2D eigenvalue weighted by molar-refractivity contribution is -0.0284. The van der Waals surface area contributed by atoms with Crippen molar-refractivity contribution in [3.63, 3.8) is 0 Å². The second-order valence-corrected chi connectivity index (χ2v) is 40.9. The third-order valence-electron chi connectivity index (χ3n) is 22.6. The summed E-state index contributed by atoms with van der Waals surface area (Å²) in [4.78, 5) is 82.9. The van der Waals surface area contributed by atoms with Crippen molar-refractivity contribution in [2.24, 2.45) is 11.8 Å². The monoisotopic (exact) mass is 1610 g/mol. The first kappa shape index (κ1) is 108. The highest BCUT2D eigenvalue weighted by molar-refractivity contribution is 5.70. The van der Waals surface area contributed by atoms with Crippen LogP contribution in [0.4, 0.5) is 19.2 Å². The lowest BCUT2D eigenvalue weighted by Crippen LogP contribution is -2.62. The number of carbonyl (C=O) groups excluding carboxylic acids is 4. The molecule has 8 heterocycles. The van der Waals surface area contributed by atoms with Crippen LogP contribution in [-0.4, -0.2) is 383 Å². The fraction of sp³-hybridized carbons (Fsp3) is 0.956. The maximum atomic E-state index is 12.3. The SMILES string of the molecule is CC(C)C1CN(C(C)C)CCN1C(=O)OC(C)(C)C.CC(C)N1CCN(C(=O)OC(C)(C)C)C(C)(C)C1.CC(C)N1CCN(C(=O)OC(C)(C)C)C(C)C1.CC(C)N1CCN(C(=O)OC(C)(C)C)CC1.CC(C)N1CCN(C(C)C)CC1.CC(C)N1CCN(C)CC1.CC1CCCN(C(C)C)C1.CCN1CCN(C(C)C)CC1. The number of piperidine rings is 1. The second-order valence-electron chi connectivity index (χ2n) is 40.9. The summed E-state index contributed by atoms with van der Waals surface area (Å²) in [5.74, 6) is 1.37. The predicted octanol–water partition coefficient (Wildman–Crippen LogP) is 15.2. The van der Waals surface area contributed by atoms with E-state index < -0.39 is 22.4 Å². The van der Waals surface area contributed by atoms with Crippen molar-refractivity contribution in [2.75, 3.05) is 190 Å². The fourth-order valence-corrected chi connectivity index (χ4v) is 14.9. The number of likely N-dealkylation sites (tertiary alicyclic amines) is 1. The first-order valence-electron chi connectivity index (χ1n) is 44.9. The predicted molar refractivity (Wildman–Crippen MR) is 477 cm³/mol. The van der Waals surface area contributed by atoms with Gasteiger partial charge in [0.1, 0.15) is 22.4 Å². The molecule has 8 aliphatic rings. The van der Waals surface area contributed by atoms with E-state index in [1.165, 1.54) is 111 Å². The van der Waals surface area contributed by atoms with Gasteiger partial charge in [0.15, 0.2) is 0 Å². The molecule has 0 aromatic carbocycles. The quantitative estimate of drug-likeness (QED) is 0.180. The van der Waals surface area contributed by atoms with Gasteiger partial charge in [0.25, 0.3) is 0 Å². The molecular formula is C90H187N15O8. The second kappa shape index (κ2) is 51.3. The van der Waals surface area contributed by atoms with Crippen LogP contribution >= 0.6 is 0 Å². The van der Waals surface area contributed by atoms with Gasteiger partial charge in [0.2, 0.25) is 0 Å². The van der Waals surface area contributed by atoms with Crippen LogP contribution in [-0.2, 0) is 18.9 Å². The Morgan fingerprint density at radius 1 is 0.345 bits per heavy atom. The van der Waals surface area contributed by atoms with Crippen LogP contribution in [0.2, 0.25) is 0 Å². The number of likely N-dealkylation sites (N-methyl/N-ethyl adjacent to an activating group) is 2. The molecule has 670 valence electrons. The maximum absolute atomic E-state index is 12.3. The van der Waals surface area contributed by atoms with Crippen molar-refractivity contribution in [3.8, 4) is 0 Å². The normalized spacial score (nSPS) is 22.6. The fourth-order valence-electron chi connectivity index (χ4n) is 14.9. The number of amides is 4. The smallest absolute Gasteiger partial charge is 0.410 e. The molecule has 0 aromatic rings. The molecule has 0 aliphatic carbocycles.